The second kappa shape index (κ2) is 11.3. The molecular weight excluding hydrogens is 498 g/mol. The fourth-order valence-electron chi connectivity index (χ4n) is 4.87. The van der Waals surface area contributed by atoms with Crippen LogP contribution in [-0.4, -0.2) is 58.4 Å². The van der Waals surface area contributed by atoms with E-state index in [4.69, 9.17) is 15.7 Å². The molecule has 0 spiro atoms. The third kappa shape index (κ3) is 5.00. The lowest BCUT2D eigenvalue weighted by atomic mass is 10.1. The predicted octanol–water partition coefficient (Wildman–Crippen LogP) is 2.91. The highest BCUT2D eigenvalue weighted by Gasteiger charge is 2.30. The monoisotopic (exact) mass is 529 g/mol. The summed E-state index contributed by atoms with van der Waals surface area (Å²) >= 11 is -1.38. The molecule has 3 aromatic rings. The summed E-state index contributed by atoms with van der Waals surface area (Å²) in [5, 5.41) is 6.12. The minimum atomic E-state index is -1.38. The van der Waals surface area contributed by atoms with Gasteiger partial charge in [0.05, 0.1) is 24.4 Å². The number of anilines is 2. The molecule has 5 rings (SSSR count). The molecule has 10 heteroatoms. The Morgan fingerprint density at radius 2 is 1.97 bits per heavy atom. The Morgan fingerprint density at radius 3 is 2.74 bits per heavy atom. The maximum atomic E-state index is 13.7. The minimum absolute atomic E-state index is 0.0585. The number of carbonyl (C=O) groups is 1. The van der Waals surface area contributed by atoms with Crippen molar-refractivity contribution in [2.24, 2.45) is 10.7 Å². The maximum absolute atomic E-state index is 13.7. The molecule has 1 aromatic heterocycles. The highest BCUT2D eigenvalue weighted by molar-refractivity contribution is 7.91. The normalized spacial score (nSPS) is 18.3. The number of aliphatic imine (C=N–C) groups is 1. The number of benzene rings is 2. The van der Waals surface area contributed by atoms with Gasteiger partial charge in [-0.1, -0.05) is 30.2 Å². The summed E-state index contributed by atoms with van der Waals surface area (Å²) in [5.74, 6) is 6.86. The topological polar surface area (TPSA) is 124 Å². The van der Waals surface area contributed by atoms with Gasteiger partial charge in [-0.05, 0) is 44.0 Å². The van der Waals surface area contributed by atoms with Gasteiger partial charge in [0.1, 0.15) is 5.69 Å². The van der Waals surface area contributed by atoms with Gasteiger partial charge in [0.25, 0.3) is 5.91 Å². The fraction of sp³-hybridized carbons (Fsp3) is 0.321. The lowest BCUT2D eigenvalue weighted by molar-refractivity contribution is 0.0951. The summed E-state index contributed by atoms with van der Waals surface area (Å²) in [5.41, 5.74) is 8.66. The van der Waals surface area contributed by atoms with E-state index in [-0.39, 0.29) is 18.5 Å². The lowest BCUT2D eigenvalue weighted by Gasteiger charge is -2.31. The Kier molecular flexibility index (Phi) is 7.69. The molecule has 1 fully saturated rings. The number of amides is 1. The largest absolute Gasteiger partial charge is 0.606 e. The van der Waals surface area contributed by atoms with Gasteiger partial charge < -0.3 is 25.8 Å². The molecule has 1 saturated heterocycles. The van der Waals surface area contributed by atoms with Crippen LogP contribution < -0.4 is 21.3 Å². The predicted molar refractivity (Wildman–Crippen MR) is 151 cm³/mol. The van der Waals surface area contributed by atoms with Gasteiger partial charge in [-0.3, -0.25) is 9.36 Å². The van der Waals surface area contributed by atoms with Gasteiger partial charge in [-0.2, -0.15) is 4.98 Å². The van der Waals surface area contributed by atoms with Gasteiger partial charge in [-0.15, -0.1) is 5.92 Å². The van der Waals surface area contributed by atoms with Gasteiger partial charge in [0.2, 0.25) is 5.95 Å². The first-order valence-corrected chi connectivity index (χ1v) is 13.8. The number of nitrogens with two attached hydrogens (primary N) is 1. The minimum Gasteiger partial charge on any atom is -0.606 e. The number of nitrogens with one attached hydrogen (secondary N) is 2. The average molecular weight is 530 g/mol. The summed E-state index contributed by atoms with van der Waals surface area (Å²) in [6, 6.07) is 14.9. The summed E-state index contributed by atoms with van der Waals surface area (Å²) in [6.45, 7) is 3.74. The molecule has 2 atom stereocenters. The SMILES string of the molecule is CC#CCn1c(N2CCCC(N)C2)nc(NC)c1C(=O)NCC1=Nc2ccccc2[S+]([O-])c2ccccc21. The van der Waals surface area contributed by atoms with Gasteiger partial charge in [-0.25, -0.2) is 4.99 Å². The molecule has 3 heterocycles. The number of hydrogen-bond donors (Lipinski definition) is 3. The molecule has 0 saturated carbocycles. The Bertz CT molecular complexity index is 1440. The molecule has 2 aromatic carbocycles. The quantitative estimate of drug-likeness (QED) is 0.333. The number of carbonyl (C=O) groups excluding carboxylic acids is 1. The van der Waals surface area contributed by atoms with Crippen LogP contribution in [0.3, 0.4) is 0 Å². The molecule has 2 aliphatic rings. The Hall–Kier alpha value is -3.78. The molecule has 0 bridgehead atoms. The van der Waals surface area contributed by atoms with Crippen LogP contribution in [-0.2, 0) is 17.7 Å². The molecule has 0 radical (unpaired) electrons. The molecule has 2 aliphatic heterocycles. The summed E-state index contributed by atoms with van der Waals surface area (Å²) in [6.07, 6.45) is 1.93. The molecule has 9 nitrogen and oxygen atoms in total. The number of imidazole rings is 1. The van der Waals surface area contributed by atoms with Crippen molar-refractivity contribution in [1.82, 2.24) is 14.9 Å². The smallest absolute Gasteiger partial charge is 0.272 e. The number of aromatic nitrogens is 2. The zero-order valence-corrected chi connectivity index (χ0v) is 22.3. The van der Waals surface area contributed by atoms with Crippen LogP contribution in [0.4, 0.5) is 17.5 Å². The van der Waals surface area contributed by atoms with E-state index in [1.54, 1.807) is 14.0 Å². The van der Waals surface area contributed by atoms with Gasteiger partial charge >= 0.3 is 0 Å². The third-order valence-electron chi connectivity index (χ3n) is 6.69. The van der Waals surface area contributed by atoms with Crippen molar-refractivity contribution < 1.29 is 9.35 Å². The first-order valence-electron chi connectivity index (χ1n) is 12.7. The van der Waals surface area contributed by atoms with Crippen molar-refractivity contribution in [3.05, 3.63) is 59.8 Å². The van der Waals surface area contributed by atoms with Crippen molar-refractivity contribution >= 4 is 40.2 Å². The first kappa shape index (κ1) is 25.9. The van der Waals surface area contributed by atoms with E-state index < -0.39 is 11.2 Å². The summed E-state index contributed by atoms with van der Waals surface area (Å²) in [4.78, 5) is 26.7. The van der Waals surface area contributed by atoms with Crippen LogP contribution >= 0.6 is 0 Å². The van der Waals surface area contributed by atoms with Crippen LogP contribution in [0.25, 0.3) is 0 Å². The standard InChI is InChI=1S/C28H31N7O2S/c1-3-4-16-35-25(26(30-2)33-28(35)34-15-9-10-19(29)18-34)27(36)31-17-22-20-11-5-7-13-23(20)38(37)24-14-8-6-12-21(24)32-22/h5-8,11-14,19,30H,9-10,15-18,29H2,1-2H3,(H,31,36). The number of para-hydroxylation sites is 1. The number of piperidine rings is 1. The number of nitrogens with zero attached hydrogens (tertiary/aromatic N) is 4. The maximum Gasteiger partial charge on any atom is 0.272 e. The highest BCUT2D eigenvalue weighted by Crippen LogP contribution is 2.35. The highest BCUT2D eigenvalue weighted by atomic mass is 32.2. The third-order valence-corrected chi connectivity index (χ3v) is 8.19. The van der Waals surface area contributed by atoms with Crippen molar-refractivity contribution in [2.75, 3.05) is 36.9 Å². The lowest BCUT2D eigenvalue weighted by Crippen LogP contribution is -2.44. The molecule has 38 heavy (non-hydrogen) atoms. The summed E-state index contributed by atoms with van der Waals surface area (Å²) in [7, 11) is 1.75. The van der Waals surface area contributed by atoms with E-state index in [0.717, 1.165) is 24.9 Å². The zero-order chi connectivity index (χ0) is 26.6. The van der Waals surface area contributed by atoms with Crippen molar-refractivity contribution in [1.29, 1.82) is 0 Å². The van der Waals surface area contributed by atoms with E-state index in [9.17, 15) is 9.35 Å². The fourth-order valence-corrected chi connectivity index (χ4v) is 6.20. The molecule has 4 N–H and O–H groups in total. The average Bonchev–Trinajstić information content (AvgIpc) is 3.27. The van der Waals surface area contributed by atoms with Crippen LogP contribution in [0.2, 0.25) is 0 Å². The van der Waals surface area contributed by atoms with Crippen molar-refractivity contribution in [2.45, 2.75) is 42.1 Å². The molecular formula is C28H31N7O2S. The number of rotatable bonds is 6. The van der Waals surface area contributed by atoms with Crippen molar-refractivity contribution in [3.8, 4) is 11.8 Å². The second-order valence-corrected chi connectivity index (χ2v) is 10.6. The van der Waals surface area contributed by atoms with E-state index in [1.165, 1.54) is 0 Å². The van der Waals surface area contributed by atoms with Gasteiger partial charge in [0, 0.05) is 37.4 Å². The van der Waals surface area contributed by atoms with E-state index >= 15 is 0 Å². The summed E-state index contributed by atoms with van der Waals surface area (Å²) < 4.78 is 15.2. The first-order chi connectivity index (χ1) is 18.5. The van der Waals surface area contributed by atoms with Gasteiger partial charge in [0.15, 0.2) is 21.3 Å². The van der Waals surface area contributed by atoms with Crippen LogP contribution in [0.15, 0.2) is 63.3 Å². The Balaban J connectivity index is 1.48. The van der Waals surface area contributed by atoms with E-state index in [2.05, 4.69) is 27.4 Å². The van der Waals surface area contributed by atoms with Crippen molar-refractivity contribution in [3.63, 3.8) is 0 Å². The number of fused-ring (bicyclic) bond motifs is 2. The zero-order valence-electron chi connectivity index (χ0n) is 21.5. The van der Waals surface area contributed by atoms with Crippen LogP contribution in [0, 0.1) is 11.8 Å². The Morgan fingerprint density at radius 1 is 1.21 bits per heavy atom. The second-order valence-electron chi connectivity index (χ2n) is 9.19. The Labute approximate surface area is 225 Å². The molecule has 196 valence electrons. The molecule has 0 aliphatic carbocycles. The van der Waals surface area contributed by atoms with E-state index in [1.807, 2.05) is 53.1 Å². The molecule has 2 unspecified atom stereocenters. The molecule has 1 amide bonds. The van der Waals surface area contributed by atoms with Crippen LogP contribution in [0.1, 0.15) is 35.8 Å². The van der Waals surface area contributed by atoms with E-state index in [0.29, 0.717) is 51.7 Å². The van der Waals surface area contributed by atoms with Crippen LogP contribution in [0.5, 0.6) is 0 Å². The number of hydrogen-bond acceptors (Lipinski definition) is 7.